The lowest BCUT2D eigenvalue weighted by molar-refractivity contribution is -0.132. The molecule has 0 saturated carbocycles. The Morgan fingerprint density at radius 2 is 1.87 bits per heavy atom. The van der Waals surface area contributed by atoms with Gasteiger partial charge in [0.1, 0.15) is 4.75 Å². The standard InChI is InChI=1S/C9H20N2O3S/c1-5-11(7-6-10)8(12)9(2,3)15(4,13)14/h5-7,10H2,1-4H3. The van der Waals surface area contributed by atoms with Gasteiger partial charge in [-0.15, -0.1) is 0 Å². The molecule has 5 nitrogen and oxygen atoms in total. The Balaban J connectivity index is 4.98. The second-order valence-electron chi connectivity index (χ2n) is 3.96. The molecule has 0 rings (SSSR count). The number of hydrogen-bond donors (Lipinski definition) is 1. The number of likely N-dealkylation sites (N-methyl/N-ethyl adjacent to an activating group) is 1. The molecular weight excluding hydrogens is 216 g/mol. The van der Waals surface area contributed by atoms with Crippen LogP contribution in [0, 0.1) is 0 Å². The minimum atomic E-state index is -3.41. The van der Waals surface area contributed by atoms with Crippen LogP contribution < -0.4 is 5.73 Å². The Morgan fingerprint density at radius 3 is 2.13 bits per heavy atom. The highest BCUT2D eigenvalue weighted by atomic mass is 32.2. The average Bonchev–Trinajstić information content (AvgIpc) is 2.11. The number of nitrogens with zero attached hydrogens (tertiary/aromatic N) is 1. The summed E-state index contributed by atoms with van der Waals surface area (Å²) in [6.45, 7) is 5.82. The second-order valence-corrected chi connectivity index (χ2v) is 6.52. The van der Waals surface area contributed by atoms with Crippen molar-refractivity contribution >= 4 is 15.7 Å². The molecular formula is C9H20N2O3S. The maximum absolute atomic E-state index is 11.9. The van der Waals surface area contributed by atoms with Crippen LogP contribution >= 0.6 is 0 Å². The molecule has 6 heteroatoms. The monoisotopic (exact) mass is 236 g/mol. The van der Waals surface area contributed by atoms with E-state index in [4.69, 9.17) is 5.73 Å². The topological polar surface area (TPSA) is 80.5 Å². The van der Waals surface area contributed by atoms with E-state index in [-0.39, 0.29) is 0 Å². The van der Waals surface area contributed by atoms with Gasteiger partial charge in [0.25, 0.3) is 0 Å². The molecule has 0 spiro atoms. The van der Waals surface area contributed by atoms with Crippen LogP contribution in [0.15, 0.2) is 0 Å². The predicted octanol–water partition coefficient (Wildman–Crippen LogP) is -0.383. The number of carbonyl (C=O) groups excluding carboxylic acids is 1. The van der Waals surface area contributed by atoms with Crippen LogP contribution in [0.3, 0.4) is 0 Å². The van der Waals surface area contributed by atoms with Crippen LogP contribution in [0.4, 0.5) is 0 Å². The maximum Gasteiger partial charge on any atom is 0.243 e. The van der Waals surface area contributed by atoms with E-state index in [1.807, 2.05) is 0 Å². The molecule has 0 aliphatic carbocycles. The molecule has 90 valence electrons. The van der Waals surface area contributed by atoms with E-state index in [9.17, 15) is 13.2 Å². The largest absolute Gasteiger partial charge is 0.340 e. The van der Waals surface area contributed by atoms with Gasteiger partial charge < -0.3 is 10.6 Å². The number of rotatable bonds is 5. The van der Waals surface area contributed by atoms with Crippen LogP contribution in [0.5, 0.6) is 0 Å². The number of hydrogen-bond acceptors (Lipinski definition) is 4. The molecule has 0 aromatic heterocycles. The van der Waals surface area contributed by atoms with Crippen molar-refractivity contribution in [1.29, 1.82) is 0 Å². The van der Waals surface area contributed by atoms with E-state index in [0.29, 0.717) is 19.6 Å². The minimum absolute atomic E-state index is 0.333. The number of amides is 1. The molecule has 0 heterocycles. The third-order valence-electron chi connectivity index (χ3n) is 2.51. The molecule has 0 aromatic rings. The van der Waals surface area contributed by atoms with Gasteiger partial charge in [-0.1, -0.05) is 0 Å². The van der Waals surface area contributed by atoms with E-state index < -0.39 is 20.5 Å². The summed E-state index contributed by atoms with van der Waals surface area (Å²) in [6.07, 6.45) is 1.07. The Kier molecular flexibility index (Phi) is 4.73. The quantitative estimate of drug-likeness (QED) is 0.705. The SMILES string of the molecule is CCN(CCN)C(=O)C(C)(C)S(C)(=O)=O. The summed E-state index contributed by atoms with van der Waals surface area (Å²) in [5.41, 5.74) is 5.35. The minimum Gasteiger partial charge on any atom is -0.340 e. The van der Waals surface area contributed by atoms with E-state index in [0.717, 1.165) is 6.26 Å². The van der Waals surface area contributed by atoms with Gasteiger partial charge in [-0.3, -0.25) is 4.79 Å². The van der Waals surface area contributed by atoms with Crippen LogP contribution in [-0.2, 0) is 14.6 Å². The van der Waals surface area contributed by atoms with Crippen LogP contribution in [0.1, 0.15) is 20.8 Å². The zero-order chi connectivity index (χ0) is 12.3. The molecule has 0 unspecified atom stereocenters. The van der Waals surface area contributed by atoms with Crippen molar-refractivity contribution in [3.63, 3.8) is 0 Å². The van der Waals surface area contributed by atoms with Crippen molar-refractivity contribution in [3.05, 3.63) is 0 Å². The lowest BCUT2D eigenvalue weighted by Crippen LogP contribution is -2.50. The molecule has 0 aromatic carbocycles. The van der Waals surface area contributed by atoms with E-state index in [1.54, 1.807) is 6.92 Å². The first-order chi connectivity index (χ1) is 6.68. The van der Waals surface area contributed by atoms with Crippen molar-refractivity contribution in [2.24, 2.45) is 5.73 Å². The van der Waals surface area contributed by atoms with Crippen LogP contribution in [0.25, 0.3) is 0 Å². The Hall–Kier alpha value is -0.620. The van der Waals surface area contributed by atoms with Gasteiger partial charge in [-0.05, 0) is 20.8 Å². The highest BCUT2D eigenvalue weighted by Gasteiger charge is 2.40. The van der Waals surface area contributed by atoms with Gasteiger partial charge in [0.2, 0.25) is 5.91 Å². The molecule has 0 aliphatic rings. The maximum atomic E-state index is 11.9. The fourth-order valence-electron chi connectivity index (χ4n) is 1.10. The van der Waals surface area contributed by atoms with E-state index in [1.165, 1.54) is 18.7 Å². The van der Waals surface area contributed by atoms with Gasteiger partial charge in [-0.25, -0.2) is 8.42 Å². The van der Waals surface area contributed by atoms with Crippen molar-refractivity contribution in [2.45, 2.75) is 25.5 Å². The van der Waals surface area contributed by atoms with E-state index >= 15 is 0 Å². The van der Waals surface area contributed by atoms with Gasteiger partial charge in [0, 0.05) is 25.9 Å². The first-order valence-corrected chi connectivity index (χ1v) is 6.76. The number of nitrogens with two attached hydrogens (primary N) is 1. The highest BCUT2D eigenvalue weighted by molar-refractivity contribution is 7.92. The Bertz CT molecular complexity index is 322. The van der Waals surface area contributed by atoms with Gasteiger partial charge >= 0.3 is 0 Å². The van der Waals surface area contributed by atoms with Crippen LogP contribution in [-0.4, -0.2) is 49.9 Å². The lowest BCUT2D eigenvalue weighted by atomic mass is 10.1. The molecule has 15 heavy (non-hydrogen) atoms. The van der Waals surface area contributed by atoms with Crippen molar-refractivity contribution in [2.75, 3.05) is 25.9 Å². The molecule has 0 bridgehead atoms. The molecule has 0 aliphatic heterocycles. The van der Waals surface area contributed by atoms with Crippen LogP contribution in [0.2, 0.25) is 0 Å². The molecule has 0 atom stereocenters. The fraction of sp³-hybridized carbons (Fsp3) is 0.889. The summed E-state index contributed by atoms with van der Waals surface area (Å²) < 4.78 is 21.5. The summed E-state index contributed by atoms with van der Waals surface area (Å²) in [5.74, 6) is -0.391. The molecule has 0 radical (unpaired) electrons. The first kappa shape index (κ1) is 14.4. The van der Waals surface area contributed by atoms with Gasteiger partial charge in [-0.2, -0.15) is 0 Å². The third-order valence-corrected chi connectivity index (χ3v) is 4.54. The zero-order valence-corrected chi connectivity index (χ0v) is 10.6. The van der Waals surface area contributed by atoms with Gasteiger partial charge in [0.05, 0.1) is 0 Å². The molecule has 2 N–H and O–H groups in total. The highest BCUT2D eigenvalue weighted by Crippen LogP contribution is 2.18. The lowest BCUT2D eigenvalue weighted by Gasteiger charge is -2.29. The Labute approximate surface area is 91.5 Å². The smallest absolute Gasteiger partial charge is 0.243 e. The molecule has 0 saturated heterocycles. The van der Waals surface area contributed by atoms with Gasteiger partial charge in [0.15, 0.2) is 9.84 Å². The van der Waals surface area contributed by atoms with Crippen molar-refractivity contribution < 1.29 is 13.2 Å². The molecule has 1 amide bonds. The third kappa shape index (κ3) is 3.17. The van der Waals surface area contributed by atoms with E-state index in [2.05, 4.69) is 0 Å². The van der Waals surface area contributed by atoms with Crippen molar-refractivity contribution in [3.8, 4) is 0 Å². The van der Waals surface area contributed by atoms with Crippen molar-refractivity contribution in [1.82, 2.24) is 4.90 Å². The summed E-state index contributed by atoms with van der Waals surface area (Å²) in [4.78, 5) is 13.4. The second kappa shape index (κ2) is 4.94. The zero-order valence-electron chi connectivity index (χ0n) is 9.78. The summed E-state index contributed by atoms with van der Waals surface area (Å²) >= 11 is 0. The predicted molar refractivity (Wildman–Crippen MR) is 60.2 cm³/mol. The summed E-state index contributed by atoms with van der Waals surface area (Å²) in [5, 5.41) is 0. The normalized spacial score (nSPS) is 12.6. The number of carbonyl (C=O) groups is 1. The average molecular weight is 236 g/mol. The summed E-state index contributed by atoms with van der Waals surface area (Å²) in [6, 6.07) is 0. The first-order valence-electron chi connectivity index (χ1n) is 4.87. The number of sulfone groups is 1. The summed E-state index contributed by atoms with van der Waals surface area (Å²) in [7, 11) is -3.41. The Morgan fingerprint density at radius 1 is 1.40 bits per heavy atom. The fourth-order valence-corrected chi connectivity index (χ4v) is 1.54. The molecule has 0 fully saturated rings.